The lowest BCUT2D eigenvalue weighted by molar-refractivity contribution is -0.127. The number of hydrogen-bond acceptors (Lipinski definition) is 4. The fourth-order valence-corrected chi connectivity index (χ4v) is 4.18. The fraction of sp³-hybridized carbons (Fsp3) is 0.320. The molecule has 5 nitrogen and oxygen atoms in total. The van der Waals surface area contributed by atoms with Crippen molar-refractivity contribution in [2.75, 3.05) is 25.5 Å². The minimum absolute atomic E-state index is 0.179. The average Bonchev–Trinajstić information content (AvgIpc) is 3.23. The number of nitrogens with one attached hydrogen (secondary N) is 1. The van der Waals surface area contributed by atoms with E-state index >= 15 is 0 Å². The summed E-state index contributed by atoms with van der Waals surface area (Å²) >= 11 is 0. The Balaban J connectivity index is 1.63. The molecule has 4 rings (SSSR count). The number of hydrogen-bond donors (Lipinski definition) is 1. The highest BCUT2D eigenvalue weighted by atomic mass is 16.2. The van der Waals surface area contributed by atoms with E-state index in [0.29, 0.717) is 5.92 Å². The van der Waals surface area contributed by atoms with E-state index in [-0.39, 0.29) is 5.91 Å². The number of carbonyl (C=O) groups excluding carboxylic acids is 1. The third-order valence-electron chi connectivity index (χ3n) is 5.92. The van der Waals surface area contributed by atoms with Crippen LogP contribution < -0.4 is 5.32 Å². The third kappa shape index (κ3) is 4.20. The average molecular weight is 401 g/mol. The van der Waals surface area contributed by atoms with Crippen LogP contribution in [-0.2, 0) is 4.79 Å². The van der Waals surface area contributed by atoms with Gasteiger partial charge in [-0.2, -0.15) is 0 Å². The van der Waals surface area contributed by atoms with Crippen LogP contribution in [0.15, 0.2) is 48.8 Å². The van der Waals surface area contributed by atoms with Crippen molar-refractivity contribution < 1.29 is 4.79 Å². The van der Waals surface area contributed by atoms with E-state index in [0.717, 1.165) is 59.3 Å². The molecule has 1 atom stereocenters. The van der Waals surface area contributed by atoms with Gasteiger partial charge in [-0.1, -0.05) is 24.3 Å². The van der Waals surface area contributed by atoms with Crippen molar-refractivity contribution in [3.63, 3.8) is 0 Å². The molecular weight excluding hydrogens is 372 g/mol. The van der Waals surface area contributed by atoms with Crippen molar-refractivity contribution in [3.05, 3.63) is 59.9 Å². The molecule has 0 unspecified atom stereocenters. The van der Waals surface area contributed by atoms with Crippen LogP contribution in [0, 0.1) is 12.8 Å². The summed E-state index contributed by atoms with van der Waals surface area (Å²) in [6.45, 7) is 5.50. The Labute approximate surface area is 177 Å². The molecule has 1 N–H and O–H groups in total. The van der Waals surface area contributed by atoms with Crippen LogP contribution >= 0.6 is 0 Å². The largest absolute Gasteiger partial charge is 0.388 e. The number of likely N-dealkylation sites (tertiary alicyclic amines) is 1. The summed E-state index contributed by atoms with van der Waals surface area (Å²) in [6.07, 6.45) is 9.93. The van der Waals surface area contributed by atoms with Gasteiger partial charge in [-0.25, -0.2) is 0 Å². The van der Waals surface area contributed by atoms with Crippen LogP contribution in [0.5, 0.6) is 0 Å². The number of carbonyl (C=O) groups is 1. The van der Waals surface area contributed by atoms with E-state index in [1.165, 1.54) is 5.56 Å². The highest BCUT2D eigenvalue weighted by Gasteiger charge is 2.22. The first-order valence-corrected chi connectivity index (χ1v) is 10.5. The van der Waals surface area contributed by atoms with Gasteiger partial charge < -0.3 is 10.2 Å². The first-order valence-electron chi connectivity index (χ1n) is 10.5. The molecule has 1 saturated heterocycles. The lowest BCUT2D eigenvalue weighted by Crippen LogP contribution is -2.25. The number of aryl methyl sites for hydroxylation is 1. The van der Waals surface area contributed by atoms with E-state index in [1.54, 1.807) is 19.3 Å². The highest BCUT2D eigenvalue weighted by molar-refractivity contribution is 5.94. The Hall–Kier alpha value is -3.21. The maximum absolute atomic E-state index is 11.5. The summed E-state index contributed by atoms with van der Waals surface area (Å²) in [6, 6.07) is 10.7. The molecule has 0 bridgehead atoms. The SMILES string of the molecule is CNc1cc(-c2cc(/C=C/C[C@H]3CCN(C(C)=O)C3)cc3nccnc23)ccc1C. The normalized spacial score (nSPS) is 16.5. The monoisotopic (exact) mass is 400 g/mol. The molecule has 0 saturated carbocycles. The summed E-state index contributed by atoms with van der Waals surface area (Å²) in [5.41, 5.74) is 7.45. The van der Waals surface area contributed by atoms with Crippen molar-refractivity contribution in [1.29, 1.82) is 0 Å². The van der Waals surface area contributed by atoms with E-state index < -0.39 is 0 Å². The van der Waals surface area contributed by atoms with Crippen molar-refractivity contribution in [3.8, 4) is 11.1 Å². The Morgan fingerprint density at radius 3 is 2.83 bits per heavy atom. The maximum atomic E-state index is 11.5. The molecule has 2 heterocycles. The second-order valence-electron chi connectivity index (χ2n) is 8.03. The molecule has 154 valence electrons. The van der Waals surface area contributed by atoms with E-state index in [1.807, 2.05) is 11.9 Å². The molecule has 1 aliphatic rings. The number of rotatable bonds is 5. The molecule has 0 radical (unpaired) electrons. The summed E-state index contributed by atoms with van der Waals surface area (Å²) in [4.78, 5) is 22.6. The number of nitrogens with zero attached hydrogens (tertiary/aromatic N) is 3. The number of benzene rings is 2. The zero-order valence-corrected chi connectivity index (χ0v) is 17.9. The van der Waals surface area contributed by atoms with Gasteiger partial charge in [-0.05, 0) is 60.6 Å². The first-order chi connectivity index (χ1) is 14.5. The van der Waals surface area contributed by atoms with Crippen molar-refractivity contribution in [1.82, 2.24) is 14.9 Å². The van der Waals surface area contributed by atoms with Gasteiger partial charge in [-0.15, -0.1) is 0 Å². The molecule has 1 aromatic heterocycles. The van der Waals surface area contributed by atoms with Crippen LogP contribution in [0.4, 0.5) is 5.69 Å². The van der Waals surface area contributed by atoms with Gasteiger partial charge in [0, 0.05) is 50.7 Å². The number of anilines is 1. The molecule has 0 spiro atoms. The number of fused-ring (bicyclic) bond motifs is 1. The Morgan fingerprint density at radius 1 is 1.23 bits per heavy atom. The standard InChI is InChI=1S/C25H28N4O/c1-17-7-8-21(15-23(17)26-3)22-13-20(14-24-25(22)28-11-10-27-24)6-4-5-19-9-12-29(16-19)18(2)30/h4,6-8,10-11,13-15,19,26H,5,9,12,16H2,1-3H3/b6-4+/t19-/m0/s1. The summed E-state index contributed by atoms with van der Waals surface area (Å²) in [5, 5.41) is 3.27. The molecule has 3 aromatic rings. The van der Waals surface area contributed by atoms with Gasteiger partial charge in [0.1, 0.15) is 0 Å². The minimum atomic E-state index is 0.179. The Bertz CT molecular complexity index is 1110. The van der Waals surface area contributed by atoms with Crippen molar-refractivity contribution in [2.24, 2.45) is 5.92 Å². The van der Waals surface area contributed by atoms with Gasteiger partial charge in [0.25, 0.3) is 0 Å². The Morgan fingerprint density at radius 2 is 2.07 bits per heavy atom. The predicted octanol–water partition coefficient (Wildman–Crippen LogP) is 4.92. The second kappa shape index (κ2) is 8.66. The topological polar surface area (TPSA) is 58.1 Å². The maximum Gasteiger partial charge on any atom is 0.219 e. The molecule has 30 heavy (non-hydrogen) atoms. The van der Waals surface area contributed by atoms with Crippen molar-refractivity contribution >= 4 is 28.7 Å². The lowest BCUT2D eigenvalue weighted by atomic mass is 9.98. The van der Waals surface area contributed by atoms with Gasteiger partial charge in [0.2, 0.25) is 5.91 Å². The van der Waals surface area contributed by atoms with Gasteiger partial charge in [0.15, 0.2) is 0 Å². The molecule has 2 aromatic carbocycles. The molecule has 1 amide bonds. The molecule has 1 fully saturated rings. The number of aromatic nitrogens is 2. The van der Waals surface area contributed by atoms with Crippen molar-refractivity contribution in [2.45, 2.75) is 26.7 Å². The smallest absolute Gasteiger partial charge is 0.219 e. The van der Waals surface area contributed by atoms with Gasteiger partial charge >= 0.3 is 0 Å². The van der Waals surface area contributed by atoms with Gasteiger partial charge in [-0.3, -0.25) is 14.8 Å². The number of allylic oxidation sites excluding steroid dienone is 1. The molecule has 1 aliphatic heterocycles. The number of amides is 1. The van der Waals surface area contributed by atoms with Crippen LogP contribution in [0.1, 0.15) is 30.9 Å². The Kier molecular flexibility index (Phi) is 5.79. The first kappa shape index (κ1) is 20.1. The van der Waals surface area contributed by atoms with E-state index in [2.05, 4.69) is 64.7 Å². The zero-order chi connectivity index (χ0) is 21.1. The summed E-state index contributed by atoms with van der Waals surface area (Å²) in [7, 11) is 1.94. The predicted molar refractivity (Wildman–Crippen MR) is 123 cm³/mol. The fourth-order valence-electron chi connectivity index (χ4n) is 4.18. The third-order valence-corrected chi connectivity index (χ3v) is 5.92. The van der Waals surface area contributed by atoms with Crippen LogP contribution in [0.25, 0.3) is 28.2 Å². The van der Waals surface area contributed by atoms with E-state index in [4.69, 9.17) is 0 Å². The van der Waals surface area contributed by atoms with E-state index in [9.17, 15) is 4.79 Å². The van der Waals surface area contributed by atoms with Gasteiger partial charge in [0.05, 0.1) is 11.0 Å². The summed E-state index contributed by atoms with van der Waals surface area (Å²) < 4.78 is 0. The van der Waals surface area contributed by atoms with Crippen LogP contribution in [0.3, 0.4) is 0 Å². The zero-order valence-electron chi connectivity index (χ0n) is 17.9. The molecule has 5 heteroatoms. The van der Waals surface area contributed by atoms with Crippen LogP contribution in [-0.4, -0.2) is 40.9 Å². The van der Waals surface area contributed by atoms with Crippen LogP contribution in [0.2, 0.25) is 0 Å². The quantitative estimate of drug-likeness (QED) is 0.660. The lowest BCUT2D eigenvalue weighted by Gasteiger charge is -2.13. The second-order valence-corrected chi connectivity index (χ2v) is 8.03. The molecule has 0 aliphatic carbocycles. The minimum Gasteiger partial charge on any atom is -0.388 e. The highest BCUT2D eigenvalue weighted by Crippen LogP contribution is 2.31. The molecular formula is C25H28N4O. The summed E-state index contributed by atoms with van der Waals surface area (Å²) in [5.74, 6) is 0.721.